The predicted octanol–water partition coefficient (Wildman–Crippen LogP) is 4.37. The zero-order valence-corrected chi connectivity index (χ0v) is 9.65. The van der Waals surface area contributed by atoms with Crippen LogP contribution in [0.1, 0.15) is 36.8 Å². The van der Waals surface area contributed by atoms with Crippen molar-refractivity contribution < 1.29 is 0 Å². The van der Waals surface area contributed by atoms with Crippen molar-refractivity contribution in [3.63, 3.8) is 0 Å². The summed E-state index contributed by atoms with van der Waals surface area (Å²) >= 11 is 0. The average molecular weight is 210 g/mol. The van der Waals surface area contributed by atoms with E-state index in [-0.39, 0.29) is 0 Å². The Morgan fingerprint density at radius 1 is 1.12 bits per heavy atom. The van der Waals surface area contributed by atoms with E-state index in [0.717, 1.165) is 12.3 Å². The highest BCUT2D eigenvalue weighted by Gasteiger charge is 2.22. The molecule has 1 aromatic rings. The summed E-state index contributed by atoms with van der Waals surface area (Å²) in [6, 6.07) is 8.49. The summed E-state index contributed by atoms with van der Waals surface area (Å²) in [6.45, 7) is 0. The molecule has 3 aliphatic rings. The fraction of sp³-hybridized carbons (Fsp3) is 0.375. The predicted molar refractivity (Wildman–Crippen MR) is 69.2 cm³/mol. The van der Waals surface area contributed by atoms with E-state index < -0.39 is 0 Å². The minimum atomic E-state index is 1.08. The first-order valence-corrected chi connectivity index (χ1v) is 6.34. The lowest BCUT2D eigenvalue weighted by Crippen LogP contribution is -1.85. The molecule has 1 fully saturated rings. The Kier molecular flexibility index (Phi) is 2.65. The maximum Gasteiger partial charge on any atom is -0.00882 e. The van der Waals surface area contributed by atoms with Crippen LogP contribution < -0.4 is 0 Å². The van der Waals surface area contributed by atoms with Crippen LogP contribution in [0, 0.1) is 5.92 Å². The van der Waals surface area contributed by atoms with Crippen LogP contribution in [0.25, 0.3) is 6.08 Å². The summed E-state index contributed by atoms with van der Waals surface area (Å²) in [5, 5.41) is 0. The van der Waals surface area contributed by atoms with Crippen molar-refractivity contribution in [2.75, 3.05) is 0 Å². The lowest BCUT2D eigenvalue weighted by atomic mass is 10.1. The number of hydrogen-bond donors (Lipinski definition) is 0. The molecule has 1 atom stereocenters. The third kappa shape index (κ3) is 1.97. The minimum Gasteiger partial charge on any atom is -0.0850 e. The molecule has 0 heterocycles. The Hall–Kier alpha value is -1.30. The molecule has 1 saturated carbocycles. The molecule has 0 spiro atoms. The highest BCUT2D eigenvalue weighted by molar-refractivity contribution is 5.59. The van der Waals surface area contributed by atoms with E-state index in [2.05, 4.69) is 42.5 Å². The zero-order chi connectivity index (χ0) is 10.8. The van der Waals surface area contributed by atoms with Gasteiger partial charge in [-0.2, -0.15) is 0 Å². The normalized spacial score (nSPS) is 23.8. The summed E-state index contributed by atoms with van der Waals surface area (Å²) in [5.74, 6) is 1.08. The molecule has 1 unspecified atom stereocenters. The van der Waals surface area contributed by atoms with Gasteiger partial charge in [0.15, 0.2) is 0 Å². The van der Waals surface area contributed by atoms with Crippen LogP contribution in [0.2, 0.25) is 0 Å². The van der Waals surface area contributed by atoms with Gasteiger partial charge in [-0.05, 0) is 49.1 Å². The van der Waals surface area contributed by atoms with E-state index in [1.54, 1.807) is 5.57 Å². The molecule has 3 aliphatic carbocycles. The molecule has 0 heteroatoms. The van der Waals surface area contributed by atoms with Gasteiger partial charge in [-0.1, -0.05) is 48.1 Å². The Morgan fingerprint density at radius 3 is 2.62 bits per heavy atom. The first-order chi connectivity index (χ1) is 7.92. The maximum atomic E-state index is 2.42. The number of allylic oxidation sites excluding steroid dienone is 3. The van der Waals surface area contributed by atoms with Gasteiger partial charge in [-0.3, -0.25) is 0 Å². The molecule has 16 heavy (non-hydrogen) atoms. The summed E-state index contributed by atoms with van der Waals surface area (Å²) in [6.07, 6.45) is 13.7. The summed E-state index contributed by atoms with van der Waals surface area (Å²) in [4.78, 5) is 0. The van der Waals surface area contributed by atoms with Crippen molar-refractivity contribution in [1.29, 1.82) is 0 Å². The lowest BCUT2D eigenvalue weighted by Gasteiger charge is -1.98. The topological polar surface area (TPSA) is 0 Å². The summed E-state index contributed by atoms with van der Waals surface area (Å²) in [7, 11) is 0. The number of benzene rings is 1. The van der Waals surface area contributed by atoms with Crippen LogP contribution in [0.5, 0.6) is 0 Å². The molecule has 2 bridgehead atoms. The molecule has 1 aromatic carbocycles. The van der Waals surface area contributed by atoms with E-state index in [4.69, 9.17) is 0 Å². The molecule has 4 rings (SSSR count). The van der Waals surface area contributed by atoms with Gasteiger partial charge in [-0.15, -0.1) is 0 Å². The standard InChI is InChI=1S/C9H8.C7H10/c1-2-5-9-7-3-6-8(9)4-1;1-2-7-4-3-6(1)5-7/h1-6H,7H2;1,7H,2-5H2. The van der Waals surface area contributed by atoms with Crippen molar-refractivity contribution in [2.24, 2.45) is 5.92 Å². The molecule has 82 valence electrons. The van der Waals surface area contributed by atoms with Crippen molar-refractivity contribution in [3.8, 4) is 0 Å². The Bertz CT molecular complexity index is 437. The fourth-order valence-corrected chi connectivity index (χ4v) is 2.88. The van der Waals surface area contributed by atoms with Gasteiger partial charge < -0.3 is 0 Å². The van der Waals surface area contributed by atoms with Gasteiger partial charge >= 0.3 is 0 Å². The van der Waals surface area contributed by atoms with Crippen molar-refractivity contribution in [1.82, 2.24) is 0 Å². The largest absolute Gasteiger partial charge is 0.0850 e. The molecular formula is C16H18. The Labute approximate surface area is 97.7 Å². The molecule has 0 amide bonds. The van der Waals surface area contributed by atoms with Crippen molar-refractivity contribution in [3.05, 3.63) is 53.1 Å². The minimum absolute atomic E-state index is 1.08. The van der Waals surface area contributed by atoms with E-state index in [9.17, 15) is 0 Å². The highest BCUT2D eigenvalue weighted by atomic mass is 14.3. The molecule has 0 radical (unpaired) electrons. The van der Waals surface area contributed by atoms with Gasteiger partial charge in [0.25, 0.3) is 0 Å². The first kappa shape index (κ1) is 9.89. The third-order valence-corrected chi connectivity index (χ3v) is 3.85. The Balaban J connectivity index is 0.000000104. The molecule has 0 N–H and O–H groups in total. The van der Waals surface area contributed by atoms with Gasteiger partial charge in [0, 0.05) is 0 Å². The quantitative estimate of drug-likeness (QED) is 0.558. The van der Waals surface area contributed by atoms with Crippen LogP contribution in [0.4, 0.5) is 0 Å². The smallest absolute Gasteiger partial charge is 0.00882 e. The maximum absolute atomic E-state index is 2.42. The third-order valence-electron chi connectivity index (χ3n) is 3.85. The number of hydrogen-bond acceptors (Lipinski definition) is 0. The monoisotopic (exact) mass is 210 g/mol. The molecule has 0 aromatic heterocycles. The van der Waals surface area contributed by atoms with Gasteiger partial charge in [0.2, 0.25) is 0 Å². The Morgan fingerprint density at radius 2 is 2.06 bits per heavy atom. The molecular weight excluding hydrogens is 192 g/mol. The summed E-state index contributed by atoms with van der Waals surface area (Å²) in [5.41, 5.74) is 4.58. The van der Waals surface area contributed by atoms with E-state index >= 15 is 0 Å². The second-order valence-corrected chi connectivity index (χ2v) is 5.01. The van der Waals surface area contributed by atoms with E-state index in [1.165, 1.54) is 36.8 Å². The first-order valence-electron chi connectivity index (χ1n) is 6.34. The number of rotatable bonds is 0. The van der Waals surface area contributed by atoms with E-state index in [1.807, 2.05) is 0 Å². The second-order valence-electron chi connectivity index (χ2n) is 5.01. The summed E-state index contributed by atoms with van der Waals surface area (Å²) < 4.78 is 0. The number of fused-ring (bicyclic) bond motifs is 3. The van der Waals surface area contributed by atoms with Crippen LogP contribution in [-0.4, -0.2) is 0 Å². The molecule has 0 nitrogen and oxygen atoms in total. The van der Waals surface area contributed by atoms with Crippen molar-refractivity contribution >= 4 is 6.08 Å². The average Bonchev–Trinajstić information content (AvgIpc) is 3.07. The molecule has 0 saturated heterocycles. The zero-order valence-electron chi connectivity index (χ0n) is 9.65. The SMILES string of the molecule is C1=C2CCC(C1)C2.C1=Cc2ccccc2C1. The fourth-order valence-electron chi connectivity index (χ4n) is 2.88. The lowest BCUT2D eigenvalue weighted by molar-refractivity contribution is 0.576. The van der Waals surface area contributed by atoms with Gasteiger partial charge in [-0.25, -0.2) is 0 Å². The highest BCUT2D eigenvalue weighted by Crippen LogP contribution is 2.38. The van der Waals surface area contributed by atoms with Crippen LogP contribution in [0.3, 0.4) is 0 Å². The van der Waals surface area contributed by atoms with E-state index in [0.29, 0.717) is 0 Å². The second kappa shape index (κ2) is 4.29. The van der Waals surface area contributed by atoms with Crippen LogP contribution in [0.15, 0.2) is 42.0 Å². The van der Waals surface area contributed by atoms with Crippen molar-refractivity contribution in [2.45, 2.75) is 32.1 Å². The van der Waals surface area contributed by atoms with Crippen LogP contribution in [-0.2, 0) is 6.42 Å². The van der Waals surface area contributed by atoms with Gasteiger partial charge in [0.1, 0.15) is 0 Å². The van der Waals surface area contributed by atoms with Crippen LogP contribution >= 0.6 is 0 Å². The molecule has 0 aliphatic heterocycles. The van der Waals surface area contributed by atoms with Gasteiger partial charge in [0.05, 0.1) is 0 Å².